The molecule has 0 unspecified atom stereocenters. The Labute approximate surface area is 110 Å². The molecule has 0 spiro atoms. The highest BCUT2D eigenvalue weighted by atomic mass is 35.5. The van der Waals surface area contributed by atoms with Crippen LogP contribution >= 0.6 is 11.6 Å². The zero-order valence-corrected chi connectivity index (χ0v) is 10.9. The van der Waals surface area contributed by atoms with E-state index in [0.717, 1.165) is 5.56 Å². The Hall–Kier alpha value is -1.81. The van der Waals surface area contributed by atoms with Gasteiger partial charge in [0.25, 0.3) is 0 Å². The molecule has 1 aromatic carbocycles. The molecule has 1 rings (SSSR count). The molecule has 0 atom stereocenters. The Morgan fingerprint density at radius 2 is 1.89 bits per heavy atom. The van der Waals surface area contributed by atoms with E-state index in [1.54, 1.807) is 30.3 Å². The molecular formula is C13H13ClO4. The maximum absolute atomic E-state index is 11.5. The van der Waals surface area contributed by atoms with E-state index in [2.05, 4.69) is 4.74 Å². The summed E-state index contributed by atoms with van der Waals surface area (Å²) in [6.07, 6.45) is 1.59. The standard InChI is InChI=1S/C13H13ClO4/c1-9(15)18-8-11(13(16)17-2)7-10-3-5-12(14)6-4-10/h3-7H,8H2,1-2H3/b11-7-. The molecule has 0 saturated carbocycles. The zero-order valence-electron chi connectivity index (χ0n) is 10.1. The molecule has 0 heterocycles. The van der Waals surface area contributed by atoms with E-state index in [4.69, 9.17) is 16.3 Å². The molecule has 0 amide bonds. The normalized spacial score (nSPS) is 10.9. The fraction of sp³-hybridized carbons (Fsp3) is 0.231. The van der Waals surface area contributed by atoms with Gasteiger partial charge in [-0.1, -0.05) is 23.7 Å². The van der Waals surface area contributed by atoms with Gasteiger partial charge in [0.2, 0.25) is 0 Å². The molecule has 0 saturated heterocycles. The molecule has 0 N–H and O–H groups in total. The van der Waals surface area contributed by atoms with Gasteiger partial charge in [-0.2, -0.15) is 0 Å². The Morgan fingerprint density at radius 1 is 1.28 bits per heavy atom. The van der Waals surface area contributed by atoms with E-state index in [0.29, 0.717) is 5.02 Å². The molecule has 0 aromatic heterocycles. The summed E-state index contributed by atoms with van der Waals surface area (Å²) in [7, 11) is 1.27. The van der Waals surface area contributed by atoms with Gasteiger partial charge in [0, 0.05) is 11.9 Å². The first-order chi connectivity index (χ1) is 8.52. The number of benzene rings is 1. The van der Waals surface area contributed by atoms with Gasteiger partial charge in [-0.05, 0) is 23.8 Å². The second kappa shape index (κ2) is 6.81. The van der Waals surface area contributed by atoms with E-state index in [-0.39, 0.29) is 12.2 Å². The van der Waals surface area contributed by atoms with Crippen LogP contribution in [0.25, 0.3) is 6.08 Å². The third-order valence-corrected chi connectivity index (χ3v) is 2.34. The molecular weight excluding hydrogens is 256 g/mol. The van der Waals surface area contributed by atoms with Gasteiger partial charge < -0.3 is 9.47 Å². The van der Waals surface area contributed by atoms with Gasteiger partial charge in [0.1, 0.15) is 6.61 Å². The number of carbonyl (C=O) groups excluding carboxylic acids is 2. The van der Waals surface area contributed by atoms with E-state index in [9.17, 15) is 9.59 Å². The van der Waals surface area contributed by atoms with Crippen molar-refractivity contribution in [2.75, 3.05) is 13.7 Å². The summed E-state index contributed by atoms with van der Waals surface area (Å²) >= 11 is 5.76. The number of ether oxygens (including phenoxy) is 2. The molecule has 0 aliphatic carbocycles. The number of hydrogen-bond acceptors (Lipinski definition) is 4. The molecule has 4 nitrogen and oxygen atoms in total. The first kappa shape index (κ1) is 14.3. The van der Waals surface area contributed by atoms with Crippen molar-refractivity contribution < 1.29 is 19.1 Å². The van der Waals surface area contributed by atoms with Crippen LogP contribution in [0.15, 0.2) is 29.8 Å². The third-order valence-electron chi connectivity index (χ3n) is 2.09. The van der Waals surface area contributed by atoms with Crippen LogP contribution < -0.4 is 0 Å². The highest BCUT2D eigenvalue weighted by Crippen LogP contribution is 2.13. The van der Waals surface area contributed by atoms with Gasteiger partial charge in [-0.3, -0.25) is 4.79 Å². The van der Waals surface area contributed by atoms with Gasteiger partial charge in [-0.25, -0.2) is 4.79 Å². The summed E-state index contributed by atoms with van der Waals surface area (Å²) in [5.41, 5.74) is 1.03. The fourth-order valence-corrected chi connectivity index (χ4v) is 1.36. The molecule has 0 aliphatic heterocycles. The van der Waals surface area contributed by atoms with E-state index in [1.165, 1.54) is 14.0 Å². The Kier molecular flexibility index (Phi) is 5.39. The van der Waals surface area contributed by atoms with Gasteiger partial charge in [0.05, 0.1) is 12.7 Å². The van der Waals surface area contributed by atoms with Crippen LogP contribution in [0, 0.1) is 0 Å². The summed E-state index contributed by atoms with van der Waals surface area (Å²) in [6, 6.07) is 6.90. The van der Waals surface area contributed by atoms with Gasteiger partial charge in [-0.15, -0.1) is 0 Å². The van der Waals surface area contributed by atoms with Crippen molar-refractivity contribution in [1.82, 2.24) is 0 Å². The Bertz CT molecular complexity index is 462. The van der Waals surface area contributed by atoms with Gasteiger partial charge >= 0.3 is 11.9 Å². The molecule has 5 heteroatoms. The molecule has 1 aromatic rings. The molecule has 0 aliphatic rings. The second-order valence-electron chi connectivity index (χ2n) is 3.49. The van der Waals surface area contributed by atoms with Crippen molar-refractivity contribution in [2.45, 2.75) is 6.92 Å². The van der Waals surface area contributed by atoms with Crippen LogP contribution in [0.1, 0.15) is 12.5 Å². The molecule has 0 fully saturated rings. The van der Waals surface area contributed by atoms with Gasteiger partial charge in [0.15, 0.2) is 0 Å². The summed E-state index contributed by atoms with van der Waals surface area (Å²) in [5, 5.41) is 0.603. The summed E-state index contributed by atoms with van der Waals surface area (Å²) < 4.78 is 9.40. The maximum Gasteiger partial charge on any atom is 0.337 e. The SMILES string of the molecule is COC(=O)/C(=C\c1ccc(Cl)cc1)COC(C)=O. The third kappa shape index (κ3) is 4.59. The van der Waals surface area contributed by atoms with Crippen molar-refractivity contribution in [2.24, 2.45) is 0 Å². The minimum absolute atomic E-state index is 0.120. The molecule has 0 bridgehead atoms. The van der Waals surface area contributed by atoms with E-state index < -0.39 is 11.9 Å². The van der Waals surface area contributed by atoms with Crippen molar-refractivity contribution in [3.05, 3.63) is 40.4 Å². The van der Waals surface area contributed by atoms with Crippen LogP contribution in [-0.4, -0.2) is 25.7 Å². The second-order valence-corrected chi connectivity index (χ2v) is 3.93. The highest BCUT2D eigenvalue weighted by Gasteiger charge is 2.11. The van der Waals surface area contributed by atoms with Crippen LogP contribution in [0.5, 0.6) is 0 Å². The lowest BCUT2D eigenvalue weighted by molar-refractivity contribution is -0.141. The fourth-order valence-electron chi connectivity index (χ4n) is 1.23. The summed E-state index contributed by atoms with van der Waals surface area (Å²) in [6.45, 7) is 1.15. The van der Waals surface area contributed by atoms with Crippen molar-refractivity contribution >= 4 is 29.6 Å². The average Bonchev–Trinajstić information content (AvgIpc) is 2.35. The minimum Gasteiger partial charge on any atom is -0.466 e. The number of rotatable bonds is 4. The number of carbonyl (C=O) groups is 2. The van der Waals surface area contributed by atoms with Crippen LogP contribution in [0.2, 0.25) is 5.02 Å². The average molecular weight is 269 g/mol. The van der Waals surface area contributed by atoms with Crippen LogP contribution in [-0.2, 0) is 19.1 Å². The highest BCUT2D eigenvalue weighted by molar-refractivity contribution is 6.30. The predicted molar refractivity (Wildman–Crippen MR) is 68.1 cm³/mol. The van der Waals surface area contributed by atoms with Crippen LogP contribution in [0.4, 0.5) is 0 Å². The number of hydrogen-bond donors (Lipinski definition) is 0. The van der Waals surface area contributed by atoms with E-state index >= 15 is 0 Å². The minimum atomic E-state index is -0.536. The lowest BCUT2D eigenvalue weighted by Gasteiger charge is -2.06. The van der Waals surface area contributed by atoms with Crippen LogP contribution in [0.3, 0.4) is 0 Å². The maximum atomic E-state index is 11.5. The first-order valence-corrected chi connectivity index (χ1v) is 5.58. The summed E-state index contributed by atoms with van der Waals surface area (Å²) in [4.78, 5) is 22.2. The topological polar surface area (TPSA) is 52.6 Å². The number of esters is 2. The Morgan fingerprint density at radius 3 is 2.39 bits per heavy atom. The Balaban J connectivity index is 2.90. The van der Waals surface area contributed by atoms with Crippen molar-refractivity contribution in [3.8, 4) is 0 Å². The quantitative estimate of drug-likeness (QED) is 0.622. The lowest BCUT2D eigenvalue weighted by atomic mass is 10.1. The van der Waals surface area contributed by atoms with Crippen molar-refractivity contribution in [1.29, 1.82) is 0 Å². The predicted octanol–water partition coefficient (Wildman–Crippen LogP) is 2.46. The largest absolute Gasteiger partial charge is 0.466 e. The molecule has 18 heavy (non-hydrogen) atoms. The first-order valence-electron chi connectivity index (χ1n) is 5.20. The molecule has 0 radical (unpaired) electrons. The van der Waals surface area contributed by atoms with E-state index in [1.807, 2.05) is 0 Å². The smallest absolute Gasteiger partial charge is 0.337 e. The number of halogens is 1. The lowest BCUT2D eigenvalue weighted by Crippen LogP contribution is -2.12. The monoisotopic (exact) mass is 268 g/mol. The van der Waals surface area contributed by atoms with Crippen molar-refractivity contribution in [3.63, 3.8) is 0 Å². The number of methoxy groups -OCH3 is 1. The summed E-state index contributed by atoms with van der Waals surface area (Å²) in [5.74, 6) is -0.993. The zero-order chi connectivity index (χ0) is 13.5. The molecule has 96 valence electrons.